The third kappa shape index (κ3) is 4.20. The van der Waals surface area contributed by atoms with E-state index in [1.54, 1.807) is 6.20 Å². The summed E-state index contributed by atoms with van der Waals surface area (Å²) in [6.07, 6.45) is 5.00. The van der Waals surface area contributed by atoms with E-state index >= 15 is 0 Å². The maximum absolute atomic E-state index is 13.5. The summed E-state index contributed by atoms with van der Waals surface area (Å²) in [4.78, 5) is 20.7. The Balaban J connectivity index is 1.66. The Morgan fingerprint density at radius 1 is 1.06 bits per heavy atom. The van der Waals surface area contributed by atoms with Gasteiger partial charge in [0.15, 0.2) is 5.82 Å². The Kier molecular flexibility index (Phi) is 5.35. The van der Waals surface area contributed by atoms with Crippen molar-refractivity contribution < 1.29 is 13.2 Å². The number of rotatable bonds is 6. The van der Waals surface area contributed by atoms with E-state index in [2.05, 4.69) is 30.1 Å². The van der Waals surface area contributed by atoms with Crippen molar-refractivity contribution in [2.75, 3.05) is 11.4 Å². The third-order valence-electron chi connectivity index (χ3n) is 5.60. The molecule has 0 radical (unpaired) electrons. The van der Waals surface area contributed by atoms with Crippen LogP contribution in [0, 0.1) is 5.92 Å². The molecule has 1 fully saturated rings. The highest BCUT2D eigenvalue weighted by molar-refractivity contribution is 6.35. The quantitative estimate of drug-likeness (QED) is 0.402. The van der Waals surface area contributed by atoms with Gasteiger partial charge < -0.3 is 4.90 Å². The van der Waals surface area contributed by atoms with Crippen LogP contribution in [-0.4, -0.2) is 41.5 Å². The highest BCUT2D eigenvalue weighted by atomic mass is 35.5. The molecule has 0 saturated heterocycles. The summed E-state index contributed by atoms with van der Waals surface area (Å²) in [5.74, 6) is 1.20. The minimum Gasteiger partial charge on any atom is -0.347 e. The lowest BCUT2D eigenvalue weighted by molar-refractivity contribution is -0.137. The Labute approximate surface area is 191 Å². The molecule has 3 aromatic heterocycles. The van der Waals surface area contributed by atoms with Crippen LogP contribution in [0.2, 0.25) is 5.02 Å². The summed E-state index contributed by atoms with van der Waals surface area (Å²) in [5.41, 5.74) is -0.0223. The average Bonchev–Trinajstić information content (AvgIpc) is 3.45. The summed E-state index contributed by atoms with van der Waals surface area (Å²) >= 11 is 6.20. The molecule has 8 nitrogen and oxygen atoms in total. The Morgan fingerprint density at radius 3 is 2.48 bits per heavy atom. The smallest absolute Gasteiger partial charge is 0.347 e. The fourth-order valence-electron chi connectivity index (χ4n) is 3.77. The highest BCUT2D eigenvalue weighted by Gasteiger charge is 2.34. The van der Waals surface area contributed by atoms with Gasteiger partial charge in [-0.15, -0.1) is 4.80 Å². The number of nitrogens with zero attached hydrogens (tertiary/aromatic N) is 8. The first-order valence-electron chi connectivity index (χ1n) is 10.3. The zero-order chi connectivity index (χ0) is 23.2. The molecule has 4 aromatic rings. The van der Waals surface area contributed by atoms with E-state index in [1.165, 1.54) is 29.7 Å². The summed E-state index contributed by atoms with van der Waals surface area (Å²) in [6.45, 7) is 2.49. The van der Waals surface area contributed by atoms with Crippen molar-refractivity contribution in [1.82, 2.24) is 34.9 Å². The predicted octanol–water partition coefficient (Wildman–Crippen LogP) is 4.65. The van der Waals surface area contributed by atoms with Crippen molar-refractivity contribution in [3.05, 3.63) is 59.5 Å². The largest absolute Gasteiger partial charge is 0.416 e. The van der Waals surface area contributed by atoms with E-state index in [1.807, 2.05) is 11.8 Å². The van der Waals surface area contributed by atoms with E-state index in [0.29, 0.717) is 29.8 Å². The van der Waals surface area contributed by atoms with Crippen LogP contribution in [0.3, 0.4) is 0 Å². The van der Waals surface area contributed by atoms with Crippen molar-refractivity contribution in [3.8, 4) is 5.82 Å². The maximum Gasteiger partial charge on any atom is 0.416 e. The molecule has 1 aliphatic carbocycles. The molecule has 1 aromatic carbocycles. The second-order valence-corrected chi connectivity index (χ2v) is 8.31. The fraction of sp³-hybridized carbons (Fsp3) is 0.333. The van der Waals surface area contributed by atoms with Gasteiger partial charge >= 0.3 is 6.18 Å². The Morgan fingerprint density at radius 2 is 1.79 bits per heavy atom. The molecular weight excluding hydrogens is 457 g/mol. The minimum atomic E-state index is -4.55. The van der Waals surface area contributed by atoms with Gasteiger partial charge in [-0.05, 0) is 37.8 Å². The number of aromatic nitrogens is 7. The van der Waals surface area contributed by atoms with Crippen LogP contribution >= 0.6 is 11.6 Å². The molecule has 1 aliphatic rings. The normalized spacial score (nSPS) is 15.1. The number of halogens is 4. The predicted molar refractivity (Wildman–Crippen MR) is 115 cm³/mol. The van der Waals surface area contributed by atoms with Crippen LogP contribution in [0.4, 0.5) is 19.0 Å². The van der Waals surface area contributed by atoms with Crippen LogP contribution in [0.5, 0.6) is 0 Å². The van der Waals surface area contributed by atoms with Crippen molar-refractivity contribution in [2.24, 2.45) is 5.92 Å². The van der Waals surface area contributed by atoms with Crippen LogP contribution < -0.4 is 4.90 Å². The van der Waals surface area contributed by atoms with Gasteiger partial charge in [-0.1, -0.05) is 11.6 Å². The second kappa shape index (κ2) is 8.22. The molecule has 1 saturated carbocycles. The van der Waals surface area contributed by atoms with Crippen LogP contribution in [0.1, 0.15) is 37.1 Å². The molecule has 5 rings (SSSR count). The van der Waals surface area contributed by atoms with Gasteiger partial charge in [0.25, 0.3) is 0 Å². The van der Waals surface area contributed by atoms with Gasteiger partial charge in [-0.2, -0.15) is 23.4 Å². The lowest BCUT2D eigenvalue weighted by Gasteiger charge is -2.31. The number of anilines is 1. The number of fused-ring (bicyclic) bond motifs is 1. The van der Waals surface area contributed by atoms with E-state index in [9.17, 15) is 13.2 Å². The van der Waals surface area contributed by atoms with E-state index in [-0.39, 0.29) is 15.9 Å². The van der Waals surface area contributed by atoms with E-state index in [4.69, 9.17) is 11.6 Å². The van der Waals surface area contributed by atoms with Crippen molar-refractivity contribution in [1.29, 1.82) is 0 Å². The molecule has 170 valence electrons. The number of hydrogen-bond acceptors (Lipinski definition) is 7. The summed E-state index contributed by atoms with van der Waals surface area (Å²) in [7, 11) is 0. The SMILES string of the molecule is CC(c1nccnc1-n1nccn1)N(CC1CC1)c1ncnc2c(Cl)cc(C(F)(F)F)cc12. The molecule has 0 amide bonds. The number of alkyl halides is 3. The highest BCUT2D eigenvalue weighted by Crippen LogP contribution is 2.40. The first-order chi connectivity index (χ1) is 15.8. The molecule has 1 unspecified atom stereocenters. The molecule has 3 heterocycles. The average molecular weight is 475 g/mol. The van der Waals surface area contributed by atoms with Gasteiger partial charge in [0.2, 0.25) is 0 Å². The van der Waals surface area contributed by atoms with Gasteiger partial charge in [-0.3, -0.25) is 4.98 Å². The standard InChI is InChI=1S/C21H18ClF3N8/c1-12(17-20(27-5-4-26-17)33-30-6-7-31-33)32(10-13-2-3-13)19-15-8-14(21(23,24)25)9-16(22)18(15)28-11-29-19/h4-9,11-13H,2-3,10H2,1H3. The topological polar surface area (TPSA) is 85.5 Å². The van der Waals surface area contributed by atoms with E-state index in [0.717, 1.165) is 25.0 Å². The lowest BCUT2D eigenvalue weighted by Crippen LogP contribution is -2.32. The minimum absolute atomic E-state index is 0.0802. The molecule has 0 spiro atoms. The molecule has 33 heavy (non-hydrogen) atoms. The molecule has 12 heteroatoms. The van der Waals surface area contributed by atoms with Crippen molar-refractivity contribution in [3.63, 3.8) is 0 Å². The van der Waals surface area contributed by atoms with Gasteiger partial charge in [0.1, 0.15) is 17.8 Å². The third-order valence-corrected chi connectivity index (χ3v) is 5.89. The van der Waals surface area contributed by atoms with Crippen molar-refractivity contribution >= 4 is 28.3 Å². The molecule has 0 aliphatic heterocycles. The van der Waals surface area contributed by atoms with Crippen LogP contribution in [-0.2, 0) is 6.18 Å². The Hall–Kier alpha value is -3.34. The summed E-state index contributed by atoms with van der Waals surface area (Å²) < 4.78 is 40.6. The van der Waals surface area contributed by atoms with Crippen molar-refractivity contribution in [2.45, 2.75) is 32.0 Å². The monoisotopic (exact) mass is 474 g/mol. The summed E-state index contributed by atoms with van der Waals surface area (Å²) in [5, 5.41) is 8.45. The molecular formula is C21H18ClF3N8. The summed E-state index contributed by atoms with van der Waals surface area (Å²) in [6, 6.07) is 1.54. The first-order valence-corrected chi connectivity index (χ1v) is 10.7. The number of benzene rings is 1. The maximum atomic E-state index is 13.5. The molecule has 1 atom stereocenters. The zero-order valence-electron chi connectivity index (χ0n) is 17.4. The second-order valence-electron chi connectivity index (χ2n) is 7.90. The van der Waals surface area contributed by atoms with Crippen LogP contribution in [0.15, 0.2) is 43.2 Å². The lowest BCUT2D eigenvalue weighted by atomic mass is 10.1. The first kappa shape index (κ1) is 21.5. The van der Waals surface area contributed by atoms with Crippen LogP contribution in [0.25, 0.3) is 16.7 Å². The number of hydrogen-bond donors (Lipinski definition) is 0. The van der Waals surface area contributed by atoms with Gasteiger partial charge in [-0.25, -0.2) is 15.0 Å². The molecule has 0 bridgehead atoms. The zero-order valence-corrected chi connectivity index (χ0v) is 18.2. The van der Waals surface area contributed by atoms with E-state index < -0.39 is 17.8 Å². The van der Waals surface area contributed by atoms with Gasteiger partial charge in [0, 0.05) is 24.3 Å². The Bertz CT molecular complexity index is 1290. The molecule has 0 N–H and O–H groups in total. The van der Waals surface area contributed by atoms with Gasteiger partial charge in [0.05, 0.1) is 34.5 Å². The fourth-order valence-corrected chi connectivity index (χ4v) is 4.04.